The van der Waals surface area contributed by atoms with Crippen LogP contribution in [0.25, 0.3) is 0 Å². The molecule has 2 atom stereocenters. The molecule has 0 saturated carbocycles. The quantitative estimate of drug-likeness (QED) is 0.0574. The number of hydrogen-bond donors (Lipinski definition) is 6. The number of aliphatic carboxylic acids is 2. The van der Waals surface area contributed by atoms with Gasteiger partial charge in [-0.3, -0.25) is 10.6 Å². The molecule has 0 aliphatic carbocycles. The van der Waals surface area contributed by atoms with Crippen molar-refractivity contribution in [3.63, 3.8) is 0 Å². The first kappa shape index (κ1) is 62.0. The zero-order valence-electron chi connectivity index (χ0n) is 44.0. The Labute approximate surface area is 420 Å². The Kier molecular flexibility index (Phi) is 27.7. The summed E-state index contributed by atoms with van der Waals surface area (Å²) in [6.07, 6.45) is 0.965. The van der Waals surface area contributed by atoms with Gasteiger partial charge in [-0.1, -0.05) is 210 Å². The third-order valence-electron chi connectivity index (χ3n) is 10.0. The molecular weight excluding hydrogens is 873 g/mol. The number of aliphatic hydroxyl groups excluding tert-OH is 2. The minimum atomic E-state index is -1.08. The molecule has 10 N–H and O–H groups in total. The van der Waals surface area contributed by atoms with Crippen molar-refractivity contribution in [1.82, 2.24) is 10.6 Å². The lowest BCUT2D eigenvalue weighted by atomic mass is 9.76. The highest BCUT2D eigenvalue weighted by Gasteiger charge is 2.40. The van der Waals surface area contributed by atoms with E-state index >= 15 is 0 Å². The van der Waals surface area contributed by atoms with Gasteiger partial charge < -0.3 is 41.5 Å². The summed E-state index contributed by atoms with van der Waals surface area (Å²) in [5, 5.41) is 45.0. The van der Waals surface area contributed by atoms with E-state index in [0.717, 1.165) is 47.6 Å². The van der Waals surface area contributed by atoms with Crippen molar-refractivity contribution >= 4 is 11.9 Å². The fourth-order valence-corrected chi connectivity index (χ4v) is 7.52. The van der Waals surface area contributed by atoms with E-state index in [9.17, 15) is 19.8 Å². The Morgan fingerprint density at radius 1 is 0.400 bits per heavy atom. The molecule has 0 radical (unpaired) electrons. The van der Waals surface area contributed by atoms with Crippen LogP contribution in [0, 0.1) is 11.8 Å². The van der Waals surface area contributed by atoms with Crippen LogP contribution in [0.1, 0.15) is 115 Å². The fraction of sp³-hybridized carbons (Fsp3) is 0.367. The Hall–Kier alpha value is -5.98. The molecule has 0 aromatic heterocycles. The lowest BCUT2D eigenvalue weighted by Gasteiger charge is -2.41. The van der Waals surface area contributed by atoms with Gasteiger partial charge >= 0.3 is 0 Å². The monoisotopic (exact) mass is 957 g/mol. The number of benzene rings is 6. The summed E-state index contributed by atoms with van der Waals surface area (Å²) in [5.41, 5.74) is 12.4. The van der Waals surface area contributed by atoms with E-state index in [2.05, 4.69) is 63.6 Å². The van der Waals surface area contributed by atoms with Crippen LogP contribution in [0.4, 0.5) is 0 Å². The SMILES string of the molecule is CC(C)(C)[NH3+].CC(C)(C)[NH3+].CC(C)C[C@H](NC(c1ccccc1)(c1ccccc1)c1ccccc1)C(=O)[O-].CC(C)C[C@H](NC(c1ccccc1)(c1ccccc1)c1ccccc1)C(=O)[O-].CO.CO. The predicted octanol–water partition coefficient (Wildman–Crippen LogP) is 6.74. The Morgan fingerprint density at radius 2 is 0.543 bits per heavy atom. The standard InChI is InChI=1S/2C25H27NO2.2C4H11N.2CH4O/c2*1-19(2)18-23(24(27)28)26-25(20-12-6-3-7-13-20,21-14-8-4-9-15-21)22-16-10-5-11-17-22;2*1-4(2,3)5;2*1-2/h2*3-17,19,23,26H,18H2,1-2H3,(H,27,28);2*5H2,1-3H3;2*2H,1H3/t2*23-;;;;/m00..../s1. The van der Waals surface area contributed by atoms with Gasteiger partial charge in [0.2, 0.25) is 0 Å². The summed E-state index contributed by atoms with van der Waals surface area (Å²) in [6, 6.07) is 58.4. The topological polar surface area (TPSA) is 200 Å². The molecule has 6 aromatic carbocycles. The number of carboxylic acid groups (broad SMARTS) is 2. The number of carbonyl (C=O) groups excluding carboxylic acids is 2. The third kappa shape index (κ3) is 21.3. The van der Waals surface area contributed by atoms with Gasteiger partial charge in [-0.05, 0) is 99.6 Å². The molecule has 0 fully saturated rings. The minimum Gasteiger partial charge on any atom is -0.548 e. The number of hydrogen-bond acceptors (Lipinski definition) is 8. The molecule has 10 heteroatoms. The van der Waals surface area contributed by atoms with Crippen molar-refractivity contribution in [1.29, 1.82) is 0 Å². The molecule has 0 spiro atoms. The maximum Gasteiger partial charge on any atom is 0.0953 e. The number of carboxylic acids is 2. The van der Waals surface area contributed by atoms with E-state index in [1.54, 1.807) is 0 Å². The Bertz CT molecular complexity index is 1900. The normalized spacial score (nSPS) is 12.0. The molecular formula is C60H84N4O6. The van der Waals surface area contributed by atoms with Gasteiger partial charge in [0.1, 0.15) is 0 Å². The molecule has 0 heterocycles. The predicted molar refractivity (Wildman–Crippen MR) is 283 cm³/mol. The molecule has 380 valence electrons. The average Bonchev–Trinajstić information content (AvgIpc) is 3.33. The third-order valence-corrected chi connectivity index (χ3v) is 10.0. The number of quaternary nitrogens is 2. The van der Waals surface area contributed by atoms with E-state index in [1.807, 2.05) is 210 Å². The molecule has 10 nitrogen and oxygen atoms in total. The average molecular weight is 957 g/mol. The van der Waals surface area contributed by atoms with Crippen LogP contribution in [0.3, 0.4) is 0 Å². The van der Waals surface area contributed by atoms with Gasteiger partial charge in [-0.15, -0.1) is 0 Å². The maximum atomic E-state index is 12.0. The van der Waals surface area contributed by atoms with Crippen LogP contribution < -0.4 is 32.3 Å². The van der Waals surface area contributed by atoms with Gasteiger partial charge in [-0.25, -0.2) is 0 Å². The number of aliphatic hydroxyl groups is 2. The smallest absolute Gasteiger partial charge is 0.0953 e. The highest BCUT2D eigenvalue weighted by Crippen LogP contribution is 2.39. The summed E-state index contributed by atoms with van der Waals surface area (Å²) < 4.78 is 0. The second-order valence-corrected chi connectivity index (χ2v) is 20.1. The van der Waals surface area contributed by atoms with Crippen LogP contribution in [0.5, 0.6) is 0 Å². The molecule has 6 rings (SSSR count). The number of rotatable bonds is 16. The van der Waals surface area contributed by atoms with Crippen molar-refractivity contribution in [3.8, 4) is 0 Å². The summed E-state index contributed by atoms with van der Waals surface area (Å²) in [6.45, 7) is 20.5. The van der Waals surface area contributed by atoms with Crippen molar-refractivity contribution < 1.29 is 41.5 Å². The van der Waals surface area contributed by atoms with Crippen molar-refractivity contribution in [2.75, 3.05) is 14.2 Å². The van der Waals surface area contributed by atoms with E-state index in [-0.39, 0.29) is 22.9 Å². The zero-order chi connectivity index (χ0) is 53.0. The van der Waals surface area contributed by atoms with Crippen LogP contribution in [0.15, 0.2) is 182 Å². The fourth-order valence-electron chi connectivity index (χ4n) is 7.52. The van der Waals surface area contributed by atoms with E-state index in [4.69, 9.17) is 10.2 Å². The van der Waals surface area contributed by atoms with Gasteiger partial charge in [-0.2, -0.15) is 0 Å². The van der Waals surface area contributed by atoms with Crippen LogP contribution in [0.2, 0.25) is 0 Å². The molecule has 0 aliphatic rings. The number of nitrogens with one attached hydrogen (secondary N) is 2. The van der Waals surface area contributed by atoms with Crippen LogP contribution in [-0.2, 0) is 20.7 Å². The first-order valence-corrected chi connectivity index (χ1v) is 24.0. The van der Waals surface area contributed by atoms with Crippen molar-refractivity contribution in [2.24, 2.45) is 11.8 Å². The molecule has 6 aromatic rings. The van der Waals surface area contributed by atoms with Gasteiger partial charge in [0.15, 0.2) is 0 Å². The maximum absolute atomic E-state index is 12.0. The zero-order valence-corrected chi connectivity index (χ0v) is 44.0. The molecule has 0 bridgehead atoms. The molecule has 70 heavy (non-hydrogen) atoms. The first-order valence-electron chi connectivity index (χ1n) is 24.0. The van der Waals surface area contributed by atoms with Crippen molar-refractivity contribution in [2.45, 2.75) is 116 Å². The lowest BCUT2D eigenvalue weighted by Crippen LogP contribution is -2.67. The largest absolute Gasteiger partial charge is 0.548 e. The van der Waals surface area contributed by atoms with Gasteiger partial charge in [0.05, 0.1) is 34.1 Å². The van der Waals surface area contributed by atoms with Crippen LogP contribution >= 0.6 is 0 Å². The second-order valence-electron chi connectivity index (χ2n) is 20.1. The first-order chi connectivity index (χ1) is 33.1. The lowest BCUT2D eigenvalue weighted by molar-refractivity contribution is -0.459. The highest BCUT2D eigenvalue weighted by atomic mass is 16.4. The van der Waals surface area contributed by atoms with Gasteiger partial charge in [0.25, 0.3) is 0 Å². The van der Waals surface area contributed by atoms with E-state index in [0.29, 0.717) is 12.8 Å². The number of carbonyl (C=O) groups is 2. The van der Waals surface area contributed by atoms with E-state index in [1.165, 1.54) is 0 Å². The highest BCUT2D eigenvalue weighted by molar-refractivity contribution is 5.72. The molecule has 0 saturated heterocycles. The minimum absolute atomic E-state index is 0.218. The Morgan fingerprint density at radius 3 is 0.657 bits per heavy atom. The molecule has 0 unspecified atom stereocenters. The summed E-state index contributed by atoms with van der Waals surface area (Å²) in [5.74, 6) is -1.73. The summed E-state index contributed by atoms with van der Waals surface area (Å²) in [7, 11) is 2.00. The van der Waals surface area contributed by atoms with Crippen molar-refractivity contribution in [3.05, 3.63) is 215 Å². The summed E-state index contributed by atoms with van der Waals surface area (Å²) in [4.78, 5) is 24.1. The van der Waals surface area contributed by atoms with E-state index < -0.39 is 35.1 Å². The summed E-state index contributed by atoms with van der Waals surface area (Å²) >= 11 is 0. The molecule has 0 aliphatic heterocycles. The second kappa shape index (κ2) is 31.3. The van der Waals surface area contributed by atoms with Gasteiger partial charge in [0, 0.05) is 26.3 Å². The van der Waals surface area contributed by atoms with Crippen LogP contribution in [-0.4, -0.2) is 59.5 Å². The molecule has 0 amide bonds. The Balaban J connectivity index is 0.000000553.